The van der Waals surface area contributed by atoms with E-state index in [4.69, 9.17) is 9.78 Å². The standard InChI is InChI=1S/C16H18N4O2/c1-11-15(12(2)22-19-11)10-20(3)16(21)18-9-14-6-4-13(8-17)5-7-14/h4-7H,9-10H2,1-3H3,(H,18,21). The molecule has 1 aromatic heterocycles. The minimum absolute atomic E-state index is 0.177. The van der Waals surface area contributed by atoms with E-state index in [1.54, 1.807) is 24.1 Å². The predicted octanol–water partition coefficient (Wildman–Crippen LogP) is 2.50. The lowest BCUT2D eigenvalue weighted by Gasteiger charge is -2.17. The Morgan fingerprint density at radius 2 is 2.05 bits per heavy atom. The minimum Gasteiger partial charge on any atom is -0.361 e. The topological polar surface area (TPSA) is 82.2 Å². The van der Waals surface area contributed by atoms with Gasteiger partial charge >= 0.3 is 6.03 Å². The number of rotatable bonds is 4. The van der Waals surface area contributed by atoms with Gasteiger partial charge in [-0.2, -0.15) is 5.26 Å². The van der Waals surface area contributed by atoms with Crippen LogP contribution in [0.4, 0.5) is 4.79 Å². The Morgan fingerprint density at radius 1 is 1.36 bits per heavy atom. The van der Waals surface area contributed by atoms with E-state index >= 15 is 0 Å². The second-order valence-electron chi connectivity index (χ2n) is 5.13. The molecule has 0 aliphatic rings. The predicted molar refractivity (Wildman–Crippen MR) is 80.8 cm³/mol. The Morgan fingerprint density at radius 3 is 2.59 bits per heavy atom. The molecule has 0 aliphatic heterocycles. The quantitative estimate of drug-likeness (QED) is 0.940. The monoisotopic (exact) mass is 298 g/mol. The van der Waals surface area contributed by atoms with Crippen LogP contribution in [0.25, 0.3) is 0 Å². The van der Waals surface area contributed by atoms with Crippen molar-refractivity contribution in [3.8, 4) is 6.07 Å². The molecule has 0 fully saturated rings. The Kier molecular flexibility index (Phi) is 4.79. The lowest BCUT2D eigenvalue weighted by molar-refractivity contribution is 0.206. The Hall–Kier alpha value is -2.81. The van der Waals surface area contributed by atoms with Crippen molar-refractivity contribution in [2.75, 3.05) is 7.05 Å². The summed E-state index contributed by atoms with van der Waals surface area (Å²) in [6.45, 7) is 4.54. The van der Waals surface area contributed by atoms with Gasteiger partial charge in [-0.05, 0) is 31.5 Å². The summed E-state index contributed by atoms with van der Waals surface area (Å²) in [5.74, 6) is 0.726. The van der Waals surface area contributed by atoms with Crippen molar-refractivity contribution in [3.05, 3.63) is 52.4 Å². The first-order chi connectivity index (χ1) is 10.5. The third-order valence-electron chi connectivity index (χ3n) is 3.45. The van der Waals surface area contributed by atoms with E-state index in [0.29, 0.717) is 18.7 Å². The summed E-state index contributed by atoms with van der Waals surface area (Å²) in [7, 11) is 1.72. The molecule has 0 atom stereocenters. The van der Waals surface area contributed by atoms with Gasteiger partial charge in [0.2, 0.25) is 0 Å². The Bertz CT molecular complexity index is 678. The number of hydrogen-bond acceptors (Lipinski definition) is 4. The van der Waals surface area contributed by atoms with Crippen LogP contribution in [0.3, 0.4) is 0 Å². The molecule has 1 heterocycles. The third kappa shape index (κ3) is 3.64. The van der Waals surface area contributed by atoms with Crippen molar-refractivity contribution in [1.29, 1.82) is 5.26 Å². The first-order valence-corrected chi connectivity index (χ1v) is 6.91. The van der Waals surface area contributed by atoms with Crippen molar-refractivity contribution in [3.63, 3.8) is 0 Å². The largest absolute Gasteiger partial charge is 0.361 e. The van der Waals surface area contributed by atoms with Crippen LogP contribution in [0.2, 0.25) is 0 Å². The zero-order valence-electron chi connectivity index (χ0n) is 12.9. The molecular formula is C16H18N4O2. The van der Waals surface area contributed by atoms with Crippen LogP contribution in [-0.2, 0) is 13.1 Å². The lowest BCUT2D eigenvalue weighted by atomic mass is 10.1. The Balaban J connectivity index is 1.90. The van der Waals surface area contributed by atoms with Gasteiger partial charge < -0.3 is 14.7 Å². The summed E-state index contributed by atoms with van der Waals surface area (Å²) in [5.41, 5.74) is 3.27. The molecule has 114 valence electrons. The fourth-order valence-electron chi connectivity index (χ4n) is 2.05. The van der Waals surface area contributed by atoms with Crippen molar-refractivity contribution in [2.45, 2.75) is 26.9 Å². The highest BCUT2D eigenvalue weighted by atomic mass is 16.5. The molecule has 0 spiro atoms. The van der Waals surface area contributed by atoms with Crippen LogP contribution in [0, 0.1) is 25.2 Å². The Labute approximate surface area is 129 Å². The van der Waals surface area contributed by atoms with Crippen molar-refractivity contribution < 1.29 is 9.32 Å². The molecule has 6 heteroatoms. The van der Waals surface area contributed by atoms with Gasteiger partial charge in [0.1, 0.15) is 5.76 Å². The highest BCUT2D eigenvalue weighted by Gasteiger charge is 2.15. The number of urea groups is 1. The normalized spacial score (nSPS) is 10.1. The second kappa shape index (κ2) is 6.76. The molecular weight excluding hydrogens is 280 g/mol. The fraction of sp³-hybridized carbons (Fsp3) is 0.312. The van der Waals surface area contributed by atoms with Gasteiger partial charge in [0.25, 0.3) is 0 Å². The average Bonchev–Trinajstić information content (AvgIpc) is 2.84. The zero-order chi connectivity index (χ0) is 16.1. The molecule has 1 N–H and O–H groups in total. The molecule has 0 radical (unpaired) electrons. The molecule has 0 unspecified atom stereocenters. The van der Waals surface area contributed by atoms with Gasteiger partial charge in [0.05, 0.1) is 23.9 Å². The molecule has 0 aliphatic carbocycles. The maximum absolute atomic E-state index is 12.1. The maximum atomic E-state index is 12.1. The number of carbonyl (C=O) groups excluding carboxylic acids is 1. The summed E-state index contributed by atoms with van der Waals surface area (Å²) in [5, 5.41) is 15.5. The van der Waals surface area contributed by atoms with Crippen LogP contribution in [-0.4, -0.2) is 23.1 Å². The van der Waals surface area contributed by atoms with Crippen molar-refractivity contribution >= 4 is 6.03 Å². The number of aryl methyl sites for hydroxylation is 2. The van der Waals surface area contributed by atoms with Gasteiger partial charge in [-0.25, -0.2) is 4.79 Å². The number of amides is 2. The maximum Gasteiger partial charge on any atom is 0.317 e. The van der Waals surface area contributed by atoms with Gasteiger partial charge in [0.15, 0.2) is 0 Å². The molecule has 6 nitrogen and oxygen atoms in total. The van der Waals surface area contributed by atoms with Gasteiger partial charge in [-0.3, -0.25) is 0 Å². The molecule has 0 saturated carbocycles. The summed E-state index contributed by atoms with van der Waals surface area (Å²) in [4.78, 5) is 13.7. The van der Waals surface area contributed by atoms with E-state index in [-0.39, 0.29) is 6.03 Å². The number of nitrogens with zero attached hydrogens (tertiary/aromatic N) is 3. The first kappa shape index (κ1) is 15.6. The molecule has 2 rings (SSSR count). The smallest absolute Gasteiger partial charge is 0.317 e. The number of nitriles is 1. The molecule has 1 aromatic carbocycles. The van der Waals surface area contributed by atoms with Crippen LogP contribution in [0.5, 0.6) is 0 Å². The fourth-order valence-corrected chi connectivity index (χ4v) is 2.05. The molecule has 2 aromatic rings. The molecule has 0 saturated heterocycles. The minimum atomic E-state index is -0.177. The van der Waals surface area contributed by atoms with Gasteiger partial charge in [0, 0.05) is 19.2 Å². The number of aromatic nitrogens is 1. The molecule has 22 heavy (non-hydrogen) atoms. The summed E-state index contributed by atoms with van der Waals surface area (Å²) >= 11 is 0. The summed E-state index contributed by atoms with van der Waals surface area (Å²) < 4.78 is 5.09. The third-order valence-corrected chi connectivity index (χ3v) is 3.45. The van der Waals surface area contributed by atoms with Gasteiger partial charge in [-0.15, -0.1) is 0 Å². The SMILES string of the molecule is Cc1noc(C)c1CN(C)C(=O)NCc1ccc(C#N)cc1. The van der Waals surface area contributed by atoms with Gasteiger partial charge in [-0.1, -0.05) is 17.3 Å². The van der Waals surface area contributed by atoms with E-state index in [1.165, 1.54) is 0 Å². The molecule has 0 bridgehead atoms. The van der Waals surface area contributed by atoms with E-state index in [0.717, 1.165) is 22.6 Å². The van der Waals surface area contributed by atoms with E-state index < -0.39 is 0 Å². The van der Waals surface area contributed by atoms with Crippen molar-refractivity contribution in [2.24, 2.45) is 0 Å². The number of nitrogens with one attached hydrogen (secondary N) is 1. The van der Waals surface area contributed by atoms with Crippen LogP contribution >= 0.6 is 0 Å². The highest BCUT2D eigenvalue weighted by Crippen LogP contribution is 2.14. The molecule has 2 amide bonds. The number of benzene rings is 1. The van der Waals surface area contributed by atoms with Crippen molar-refractivity contribution in [1.82, 2.24) is 15.4 Å². The van der Waals surface area contributed by atoms with Crippen LogP contribution < -0.4 is 5.32 Å². The highest BCUT2D eigenvalue weighted by molar-refractivity contribution is 5.73. The van der Waals surface area contributed by atoms with Crippen LogP contribution in [0.15, 0.2) is 28.8 Å². The van der Waals surface area contributed by atoms with E-state index in [1.807, 2.05) is 26.0 Å². The summed E-state index contributed by atoms with van der Waals surface area (Å²) in [6.07, 6.45) is 0. The summed E-state index contributed by atoms with van der Waals surface area (Å²) in [6, 6.07) is 9.00. The van der Waals surface area contributed by atoms with E-state index in [2.05, 4.69) is 16.5 Å². The second-order valence-corrected chi connectivity index (χ2v) is 5.13. The lowest BCUT2D eigenvalue weighted by Crippen LogP contribution is -2.36. The first-order valence-electron chi connectivity index (χ1n) is 6.91. The van der Waals surface area contributed by atoms with E-state index in [9.17, 15) is 4.79 Å². The average molecular weight is 298 g/mol. The number of carbonyl (C=O) groups is 1. The zero-order valence-corrected chi connectivity index (χ0v) is 12.9. The number of hydrogen-bond donors (Lipinski definition) is 1. The van der Waals surface area contributed by atoms with Crippen LogP contribution in [0.1, 0.15) is 28.1 Å².